The Kier molecular flexibility index (Phi) is 6.32. The van der Waals surface area contributed by atoms with Crippen LogP contribution in [-0.4, -0.2) is 25.2 Å². The van der Waals surface area contributed by atoms with E-state index in [4.69, 9.17) is 32.7 Å². The summed E-state index contributed by atoms with van der Waals surface area (Å²) in [6.07, 6.45) is 0. The van der Waals surface area contributed by atoms with Gasteiger partial charge < -0.3 is 14.4 Å². The minimum Gasteiger partial charge on any atom is -0.497 e. The van der Waals surface area contributed by atoms with Gasteiger partial charge in [0, 0.05) is 22.6 Å². The number of carbonyl (C=O) groups is 1. The van der Waals surface area contributed by atoms with Gasteiger partial charge in [-0.25, -0.2) is 4.79 Å². The summed E-state index contributed by atoms with van der Waals surface area (Å²) < 4.78 is 11.5. The molecule has 0 aliphatic carbocycles. The zero-order valence-corrected chi connectivity index (χ0v) is 20.0. The quantitative estimate of drug-likeness (QED) is 0.361. The van der Waals surface area contributed by atoms with Crippen LogP contribution in [-0.2, 0) is 13.1 Å². The Bertz CT molecular complexity index is 1120. The van der Waals surface area contributed by atoms with Crippen LogP contribution in [0, 0.1) is 0 Å². The number of ether oxygens (including phenoxy) is 2. The van der Waals surface area contributed by atoms with Crippen molar-refractivity contribution in [3.8, 4) is 11.5 Å². The molecule has 0 radical (unpaired) electrons. The van der Waals surface area contributed by atoms with Crippen LogP contribution in [0.1, 0.15) is 11.1 Å². The molecule has 160 valence electrons. The third kappa shape index (κ3) is 4.20. The van der Waals surface area contributed by atoms with Crippen molar-refractivity contribution in [3.63, 3.8) is 0 Å². The van der Waals surface area contributed by atoms with Gasteiger partial charge in [-0.3, -0.25) is 4.90 Å². The van der Waals surface area contributed by atoms with Crippen LogP contribution in [0.3, 0.4) is 0 Å². The molecule has 1 heterocycles. The van der Waals surface area contributed by atoms with Gasteiger partial charge in [0.25, 0.3) is 0 Å². The minimum absolute atomic E-state index is 0.224. The Balaban J connectivity index is 1.82. The number of methoxy groups -OCH3 is 2. The lowest BCUT2D eigenvalue weighted by Crippen LogP contribution is -2.44. The van der Waals surface area contributed by atoms with Gasteiger partial charge in [0.2, 0.25) is 0 Å². The lowest BCUT2D eigenvalue weighted by atomic mass is 10.1. The molecular formula is C23H19BrCl2N2O3. The lowest BCUT2D eigenvalue weighted by molar-refractivity contribution is 0.198. The molecule has 0 fully saturated rings. The number of benzene rings is 3. The second-order valence-electron chi connectivity index (χ2n) is 7.00. The predicted molar refractivity (Wildman–Crippen MR) is 127 cm³/mol. The molecule has 8 heteroatoms. The Morgan fingerprint density at radius 1 is 0.968 bits per heavy atom. The Hall–Kier alpha value is -2.41. The molecule has 3 aromatic carbocycles. The van der Waals surface area contributed by atoms with Crippen molar-refractivity contribution in [1.29, 1.82) is 0 Å². The maximum absolute atomic E-state index is 13.7. The first kappa shape index (κ1) is 21.8. The second-order valence-corrected chi connectivity index (χ2v) is 8.67. The molecule has 0 atom stereocenters. The van der Waals surface area contributed by atoms with Crippen molar-refractivity contribution in [2.75, 3.05) is 19.1 Å². The topological polar surface area (TPSA) is 42.0 Å². The SMILES string of the molecule is COc1ccc(CN2Cc3c(Br)cc(OC)cc3N(c3c(Cl)cccc3Cl)C2=O)cc1. The number of anilines is 2. The molecular weight excluding hydrogens is 503 g/mol. The van der Waals surface area contributed by atoms with Gasteiger partial charge in [-0.05, 0) is 35.9 Å². The van der Waals surface area contributed by atoms with Crippen LogP contribution in [0.15, 0.2) is 59.1 Å². The summed E-state index contributed by atoms with van der Waals surface area (Å²) >= 11 is 16.6. The fourth-order valence-electron chi connectivity index (χ4n) is 3.57. The number of nitrogens with zero attached hydrogens (tertiary/aromatic N) is 2. The summed E-state index contributed by atoms with van der Waals surface area (Å²) in [5.41, 5.74) is 3.03. The summed E-state index contributed by atoms with van der Waals surface area (Å²) in [5.74, 6) is 1.38. The van der Waals surface area contributed by atoms with Gasteiger partial charge >= 0.3 is 6.03 Å². The van der Waals surface area contributed by atoms with E-state index < -0.39 is 0 Å². The summed E-state index contributed by atoms with van der Waals surface area (Å²) in [6, 6.07) is 16.3. The first-order valence-corrected chi connectivity index (χ1v) is 11.0. The van der Waals surface area contributed by atoms with Crippen LogP contribution in [0.25, 0.3) is 0 Å². The Morgan fingerprint density at radius 3 is 2.23 bits per heavy atom. The highest BCUT2D eigenvalue weighted by Crippen LogP contribution is 2.45. The summed E-state index contributed by atoms with van der Waals surface area (Å²) in [4.78, 5) is 17.0. The zero-order valence-electron chi connectivity index (χ0n) is 16.9. The molecule has 0 saturated heterocycles. The highest BCUT2D eigenvalue weighted by atomic mass is 79.9. The molecule has 2 amide bonds. The average Bonchev–Trinajstić information content (AvgIpc) is 2.76. The molecule has 1 aliphatic heterocycles. The first-order valence-electron chi connectivity index (χ1n) is 9.45. The van der Waals surface area contributed by atoms with Crippen LogP contribution in [0.2, 0.25) is 10.0 Å². The van der Waals surface area contributed by atoms with Crippen molar-refractivity contribution >= 4 is 56.5 Å². The largest absolute Gasteiger partial charge is 0.497 e. The fourth-order valence-corrected chi connectivity index (χ4v) is 4.69. The van der Waals surface area contributed by atoms with Crippen LogP contribution in [0.4, 0.5) is 16.2 Å². The van der Waals surface area contributed by atoms with E-state index in [1.54, 1.807) is 42.2 Å². The molecule has 4 rings (SSSR count). The normalized spacial score (nSPS) is 13.3. The van der Waals surface area contributed by atoms with Crippen molar-refractivity contribution < 1.29 is 14.3 Å². The van der Waals surface area contributed by atoms with E-state index in [1.165, 1.54) is 0 Å². The number of hydrogen-bond donors (Lipinski definition) is 0. The molecule has 0 aromatic heterocycles. The third-order valence-electron chi connectivity index (χ3n) is 5.13. The molecule has 31 heavy (non-hydrogen) atoms. The summed E-state index contributed by atoms with van der Waals surface area (Å²) in [5, 5.41) is 0.772. The molecule has 5 nitrogen and oxygen atoms in total. The molecule has 0 bridgehead atoms. The number of rotatable bonds is 5. The van der Waals surface area contributed by atoms with E-state index in [1.807, 2.05) is 36.4 Å². The summed E-state index contributed by atoms with van der Waals surface area (Å²) in [6.45, 7) is 0.836. The van der Waals surface area contributed by atoms with Gasteiger partial charge in [-0.1, -0.05) is 57.3 Å². The maximum atomic E-state index is 13.7. The van der Waals surface area contributed by atoms with Crippen LogP contribution >= 0.6 is 39.1 Å². The Morgan fingerprint density at radius 2 is 1.61 bits per heavy atom. The van der Waals surface area contributed by atoms with E-state index in [0.29, 0.717) is 40.3 Å². The van der Waals surface area contributed by atoms with Crippen LogP contribution in [0.5, 0.6) is 11.5 Å². The second kappa shape index (κ2) is 8.99. The van der Waals surface area contributed by atoms with Gasteiger partial charge in [0.05, 0.1) is 42.2 Å². The van der Waals surface area contributed by atoms with Crippen molar-refractivity contribution in [3.05, 3.63) is 80.2 Å². The molecule has 0 N–H and O–H groups in total. The number of carbonyl (C=O) groups excluding carboxylic acids is 1. The van der Waals surface area contributed by atoms with E-state index in [9.17, 15) is 4.79 Å². The number of halogens is 3. The number of urea groups is 1. The standard InChI is InChI=1S/C23H19BrCl2N2O3/c1-30-15-8-6-14(7-9-15)12-27-13-17-18(24)10-16(31-2)11-21(17)28(23(27)29)22-19(25)4-3-5-20(22)26/h3-11H,12-13H2,1-2H3. The zero-order chi connectivity index (χ0) is 22.1. The lowest BCUT2D eigenvalue weighted by Gasteiger charge is -2.38. The van der Waals surface area contributed by atoms with E-state index >= 15 is 0 Å². The van der Waals surface area contributed by atoms with Gasteiger partial charge in [-0.15, -0.1) is 0 Å². The van der Waals surface area contributed by atoms with E-state index in [2.05, 4.69) is 15.9 Å². The van der Waals surface area contributed by atoms with Gasteiger partial charge in [0.1, 0.15) is 11.5 Å². The molecule has 3 aromatic rings. The highest BCUT2D eigenvalue weighted by molar-refractivity contribution is 9.10. The molecule has 0 saturated carbocycles. The predicted octanol–water partition coefficient (Wildman–Crippen LogP) is 7.05. The number of fused-ring (bicyclic) bond motifs is 1. The smallest absolute Gasteiger partial charge is 0.329 e. The van der Waals surface area contributed by atoms with Crippen molar-refractivity contribution in [1.82, 2.24) is 4.90 Å². The average molecular weight is 522 g/mol. The fraction of sp³-hybridized carbons (Fsp3) is 0.174. The monoisotopic (exact) mass is 520 g/mol. The molecule has 1 aliphatic rings. The number of amides is 2. The van der Waals surface area contributed by atoms with Gasteiger partial charge in [-0.2, -0.15) is 0 Å². The van der Waals surface area contributed by atoms with Gasteiger partial charge in [0.15, 0.2) is 0 Å². The minimum atomic E-state index is -0.224. The molecule has 0 unspecified atom stereocenters. The van der Waals surface area contributed by atoms with Crippen molar-refractivity contribution in [2.45, 2.75) is 13.1 Å². The van der Waals surface area contributed by atoms with Crippen LogP contribution < -0.4 is 14.4 Å². The number of para-hydroxylation sites is 1. The maximum Gasteiger partial charge on any atom is 0.329 e. The third-order valence-corrected chi connectivity index (χ3v) is 6.44. The van der Waals surface area contributed by atoms with Crippen molar-refractivity contribution in [2.24, 2.45) is 0 Å². The van der Waals surface area contributed by atoms with E-state index in [-0.39, 0.29) is 6.03 Å². The Labute approximate surface area is 199 Å². The molecule has 0 spiro atoms. The van der Waals surface area contributed by atoms with E-state index in [0.717, 1.165) is 21.3 Å². The highest BCUT2D eigenvalue weighted by Gasteiger charge is 2.35. The number of hydrogen-bond acceptors (Lipinski definition) is 3. The summed E-state index contributed by atoms with van der Waals surface area (Å²) in [7, 11) is 3.21. The first-order chi connectivity index (χ1) is 14.9.